The molecule has 1 aliphatic heterocycles. The molecule has 1 atom stereocenters. The van der Waals surface area contributed by atoms with Gasteiger partial charge in [-0.25, -0.2) is 0 Å². The van der Waals surface area contributed by atoms with Crippen LogP contribution in [0.5, 0.6) is 5.75 Å². The summed E-state index contributed by atoms with van der Waals surface area (Å²) in [5.74, 6) is 2.36. The Morgan fingerprint density at radius 1 is 1.19 bits per heavy atom. The molecule has 0 amide bonds. The van der Waals surface area contributed by atoms with Crippen molar-refractivity contribution in [3.8, 4) is 5.75 Å². The van der Waals surface area contributed by atoms with E-state index in [4.69, 9.17) is 15.0 Å². The fourth-order valence-corrected chi connectivity index (χ4v) is 3.41. The van der Waals surface area contributed by atoms with Gasteiger partial charge >= 0.3 is 0 Å². The van der Waals surface area contributed by atoms with Crippen LogP contribution in [0, 0.1) is 0 Å². The zero-order valence-corrected chi connectivity index (χ0v) is 11.9. The van der Waals surface area contributed by atoms with Gasteiger partial charge in [0.05, 0.1) is 18.1 Å². The van der Waals surface area contributed by atoms with Crippen LogP contribution in [0.25, 0.3) is 0 Å². The molecule has 2 aliphatic rings. The molecular weight excluding hydrogens is 266 g/mol. The molecule has 2 N–H and O–H groups in total. The first-order chi connectivity index (χ1) is 10.3. The van der Waals surface area contributed by atoms with Gasteiger partial charge in [-0.2, -0.15) is 4.98 Å². The number of nitrogens with zero attached hydrogens (tertiary/aromatic N) is 2. The van der Waals surface area contributed by atoms with Gasteiger partial charge in [0.1, 0.15) is 5.75 Å². The molecule has 2 heterocycles. The maximum atomic E-state index is 6.41. The van der Waals surface area contributed by atoms with Crippen molar-refractivity contribution in [2.24, 2.45) is 5.73 Å². The van der Waals surface area contributed by atoms with E-state index in [1.54, 1.807) is 0 Å². The first-order valence-electron chi connectivity index (χ1n) is 7.61. The first kappa shape index (κ1) is 12.8. The number of para-hydroxylation sites is 1. The number of ether oxygens (including phenoxy) is 1. The van der Waals surface area contributed by atoms with Crippen molar-refractivity contribution in [2.75, 3.05) is 6.61 Å². The quantitative estimate of drug-likeness (QED) is 0.918. The molecule has 1 fully saturated rings. The monoisotopic (exact) mass is 285 g/mol. The normalized spacial score (nSPS) is 23.6. The zero-order valence-electron chi connectivity index (χ0n) is 11.9. The fourth-order valence-electron chi connectivity index (χ4n) is 3.41. The lowest BCUT2D eigenvalue weighted by Crippen LogP contribution is -2.34. The summed E-state index contributed by atoms with van der Waals surface area (Å²) in [6.45, 7) is 0.674. The van der Waals surface area contributed by atoms with E-state index in [1.807, 2.05) is 18.2 Å². The number of hydrogen-bond acceptors (Lipinski definition) is 5. The van der Waals surface area contributed by atoms with Crippen molar-refractivity contribution < 1.29 is 9.26 Å². The Labute approximate surface area is 123 Å². The standard InChI is InChI=1S/C16H19N3O2/c17-16(8-3-4-9-16)15-18-14(21-19-15)12-7-10-20-13-6-2-1-5-11(12)13/h1-2,5-6,12H,3-4,7-10,17H2. The molecule has 1 unspecified atom stereocenters. The lowest BCUT2D eigenvalue weighted by molar-refractivity contribution is 0.256. The Morgan fingerprint density at radius 3 is 2.86 bits per heavy atom. The van der Waals surface area contributed by atoms with Gasteiger partial charge < -0.3 is 15.0 Å². The highest BCUT2D eigenvalue weighted by Crippen LogP contribution is 2.39. The van der Waals surface area contributed by atoms with Crippen LogP contribution >= 0.6 is 0 Å². The van der Waals surface area contributed by atoms with Gasteiger partial charge in [0, 0.05) is 5.56 Å². The number of aromatic nitrogens is 2. The van der Waals surface area contributed by atoms with E-state index in [9.17, 15) is 0 Å². The Bertz CT molecular complexity index is 646. The van der Waals surface area contributed by atoms with Crippen LogP contribution in [0.15, 0.2) is 28.8 Å². The van der Waals surface area contributed by atoms with Gasteiger partial charge in [-0.3, -0.25) is 0 Å². The number of hydrogen-bond donors (Lipinski definition) is 1. The highest BCUT2D eigenvalue weighted by molar-refractivity contribution is 5.40. The Balaban J connectivity index is 1.68. The second-order valence-corrected chi connectivity index (χ2v) is 6.05. The third-order valence-electron chi connectivity index (χ3n) is 4.64. The Hall–Kier alpha value is -1.88. The van der Waals surface area contributed by atoms with E-state index >= 15 is 0 Å². The van der Waals surface area contributed by atoms with Gasteiger partial charge in [-0.1, -0.05) is 36.2 Å². The van der Waals surface area contributed by atoms with Gasteiger partial charge in [-0.05, 0) is 25.3 Å². The highest BCUT2D eigenvalue weighted by atomic mass is 16.5. The molecule has 0 spiro atoms. The minimum absolute atomic E-state index is 0.112. The average molecular weight is 285 g/mol. The van der Waals surface area contributed by atoms with Gasteiger partial charge in [-0.15, -0.1) is 0 Å². The van der Waals surface area contributed by atoms with Crippen LogP contribution < -0.4 is 10.5 Å². The van der Waals surface area contributed by atoms with Crippen molar-refractivity contribution >= 4 is 0 Å². The van der Waals surface area contributed by atoms with Crippen molar-refractivity contribution in [3.63, 3.8) is 0 Å². The lowest BCUT2D eigenvalue weighted by atomic mass is 9.93. The van der Waals surface area contributed by atoms with E-state index < -0.39 is 5.54 Å². The number of benzene rings is 1. The van der Waals surface area contributed by atoms with Crippen molar-refractivity contribution in [1.29, 1.82) is 0 Å². The van der Waals surface area contributed by atoms with Crippen molar-refractivity contribution in [2.45, 2.75) is 43.6 Å². The molecule has 4 rings (SSSR count). The van der Waals surface area contributed by atoms with Gasteiger partial charge in [0.2, 0.25) is 5.89 Å². The van der Waals surface area contributed by atoms with E-state index in [0.29, 0.717) is 18.3 Å². The average Bonchev–Trinajstić information content (AvgIpc) is 3.16. The molecule has 0 bridgehead atoms. The Kier molecular flexibility index (Phi) is 2.96. The molecule has 2 aromatic rings. The molecule has 5 nitrogen and oxygen atoms in total. The largest absolute Gasteiger partial charge is 0.493 e. The molecule has 1 saturated carbocycles. The predicted molar refractivity (Wildman–Crippen MR) is 77.0 cm³/mol. The molecular formula is C16H19N3O2. The topological polar surface area (TPSA) is 74.2 Å². The first-order valence-corrected chi connectivity index (χ1v) is 7.61. The summed E-state index contributed by atoms with van der Waals surface area (Å²) in [6, 6.07) is 8.05. The van der Waals surface area contributed by atoms with Crippen molar-refractivity contribution in [3.05, 3.63) is 41.5 Å². The molecule has 21 heavy (non-hydrogen) atoms. The van der Waals surface area contributed by atoms with Gasteiger partial charge in [0.15, 0.2) is 5.82 Å². The molecule has 1 aliphatic carbocycles. The van der Waals surface area contributed by atoms with Crippen molar-refractivity contribution in [1.82, 2.24) is 10.1 Å². The molecule has 0 radical (unpaired) electrons. The van der Waals surface area contributed by atoms with Crippen LogP contribution in [0.3, 0.4) is 0 Å². The maximum Gasteiger partial charge on any atom is 0.234 e. The highest BCUT2D eigenvalue weighted by Gasteiger charge is 2.37. The minimum Gasteiger partial charge on any atom is -0.493 e. The summed E-state index contributed by atoms with van der Waals surface area (Å²) in [6.07, 6.45) is 5.02. The van der Waals surface area contributed by atoms with Gasteiger partial charge in [0.25, 0.3) is 0 Å². The number of rotatable bonds is 2. The summed E-state index contributed by atoms with van der Waals surface area (Å²) in [5, 5.41) is 4.17. The van der Waals surface area contributed by atoms with Crippen LogP contribution in [-0.2, 0) is 5.54 Å². The summed E-state index contributed by atoms with van der Waals surface area (Å²) >= 11 is 0. The minimum atomic E-state index is -0.396. The predicted octanol–water partition coefficient (Wildman–Crippen LogP) is 2.71. The van der Waals surface area contributed by atoms with E-state index in [1.165, 1.54) is 0 Å². The molecule has 110 valence electrons. The van der Waals surface area contributed by atoms with E-state index in [2.05, 4.69) is 16.2 Å². The zero-order chi connectivity index (χ0) is 14.3. The van der Waals surface area contributed by atoms with Crippen LogP contribution in [0.2, 0.25) is 0 Å². The third-order valence-corrected chi connectivity index (χ3v) is 4.64. The summed E-state index contributed by atoms with van der Waals surface area (Å²) in [7, 11) is 0. The van der Waals surface area contributed by atoms with Crippen LogP contribution in [0.1, 0.15) is 55.3 Å². The second kappa shape index (κ2) is 4.84. The molecule has 5 heteroatoms. The lowest BCUT2D eigenvalue weighted by Gasteiger charge is -2.23. The SMILES string of the molecule is NC1(c2noc(C3CCOc4ccccc43)n2)CCCC1. The van der Waals surface area contributed by atoms with E-state index in [0.717, 1.165) is 43.4 Å². The van der Waals surface area contributed by atoms with E-state index in [-0.39, 0.29) is 5.92 Å². The van der Waals surface area contributed by atoms with Crippen LogP contribution in [-0.4, -0.2) is 16.7 Å². The van der Waals surface area contributed by atoms with Crippen LogP contribution in [0.4, 0.5) is 0 Å². The third kappa shape index (κ3) is 2.12. The fraction of sp³-hybridized carbons (Fsp3) is 0.500. The molecule has 1 aromatic heterocycles. The summed E-state index contributed by atoms with van der Waals surface area (Å²) in [4.78, 5) is 4.63. The smallest absolute Gasteiger partial charge is 0.234 e. The maximum absolute atomic E-state index is 6.41. The molecule has 0 saturated heterocycles. The summed E-state index contributed by atoms with van der Waals surface area (Å²) < 4.78 is 11.2. The Morgan fingerprint density at radius 2 is 2.00 bits per heavy atom. The number of nitrogens with two attached hydrogens (primary N) is 1. The number of fused-ring (bicyclic) bond motifs is 1. The second-order valence-electron chi connectivity index (χ2n) is 6.05. The molecule has 1 aromatic carbocycles. The summed E-state index contributed by atoms with van der Waals surface area (Å²) in [5.41, 5.74) is 7.13.